The third kappa shape index (κ3) is 2.23. The molecule has 0 aliphatic heterocycles. The fourth-order valence-electron chi connectivity index (χ4n) is 1.25. The molecule has 0 unspecified atom stereocenters. The van der Waals surface area contributed by atoms with Crippen molar-refractivity contribution in [2.24, 2.45) is 0 Å². The number of anilines is 1. The predicted octanol–water partition coefficient (Wildman–Crippen LogP) is 2.46. The van der Waals surface area contributed by atoms with Crippen molar-refractivity contribution in [3.63, 3.8) is 0 Å². The maximum absolute atomic E-state index is 5.73. The second kappa shape index (κ2) is 4.53. The first-order chi connectivity index (χ1) is 7.79. The Labute approximate surface area is 93.6 Å². The summed E-state index contributed by atoms with van der Waals surface area (Å²) in [5.41, 5.74) is 6.30. The SMILES string of the molecule is COc1ccc(Oc2cnccc2N)cc1. The van der Waals surface area contributed by atoms with Crippen molar-refractivity contribution in [2.75, 3.05) is 12.8 Å². The number of nitrogen functional groups attached to an aromatic ring is 1. The van der Waals surface area contributed by atoms with Gasteiger partial charge in [-0.2, -0.15) is 0 Å². The zero-order valence-corrected chi connectivity index (χ0v) is 8.88. The van der Waals surface area contributed by atoms with Gasteiger partial charge in [-0.3, -0.25) is 4.98 Å². The van der Waals surface area contributed by atoms with Gasteiger partial charge < -0.3 is 15.2 Å². The highest BCUT2D eigenvalue weighted by molar-refractivity contribution is 5.51. The van der Waals surface area contributed by atoms with Gasteiger partial charge >= 0.3 is 0 Å². The number of benzene rings is 1. The minimum Gasteiger partial charge on any atom is -0.497 e. The summed E-state index contributed by atoms with van der Waals surface area (Å²) in [4.78, 5) is 3.95. The standard InChI is InChI=1S/C12H12N2O2/c1-15-9-2-4-10(5-3-9)16-12-8-14-7-6-11(12)13/h2-8H,1H3,(H2,13,14). The summed E-state index contributed by atoms with van der Waals surface area (Å²) in [6.45, 7) is 0. The number of hydrogen-bond donors (Lipinski definition) is 1. The summed E-state index contributed by atoms with van der Waals surface area (Å²) in [6.07, 6.45) is 3.20. The monoisotopic (exact) mass is 216 g/mol. The zero-order chi connectivity index (χ0) is 11.4. The third-order valence-corrected chi connectivity index (χ3v) is 2.10. The summed E-state index contributed by atoms with van der Waals surface area (Å²) < 4.78 is 10.6. The first kappa shape index (κ1) is 10.3. The molecule has 0 fully saturated rings. The van der Waals surface area contributed by atoms with Crippen molar-refractivity contribution in [1.82, 2.24) is 4.98 Å². The van der Waals surface area contributed by atoms with Crippen LogP contribution in [0.5, 0.6) is 17.2 Å². The van der Waals surface area contributed by atoms with E-state index in [1.807, 2.05) is 24.3 Å². The van der Waals surface area contributed by atoms with Crippen molar-refractivity contribution in [1.29, 1.82) is 0 Å². The molecule has 16 heavy (non-hydrogen) atoms. The van der Waals surface area contributed by atoms with Gasteiger partial charge in [0.15, 0.2) is 5.75 Å². The fraction of sp³-hybridized carbons (Fsp3) is 0.0833. The maximum atomic E-state index is 5.73. The van der Waals surface area contributed by atoms with Crippen LogP contribution in [0.25, 0.3) is 0 Å². The number of aromatic nitrogens is 1. The number of pyridine rings is 1. The molecule has 0 bridgehead atoms. The van der Waals surface area contributed by atoms with E-state index in [2.05, 4.69) is 4.98 Å². The van der Waals surface area contributed by atoms with Crippen LogP contribution in [0.4, 0.5) is 5.69 Å². The molecule has 2 aromatic rings. The van der Waals surface area contributed by atoms with E-state index in [0.29, 0.717) is 17.2 Å². The van der Waals surface area contributed by atoms with E-state index in [9.17, 15) is 0 Å². The molecule has 0 aliphatic carbocycles. The van der Waals surface area contributed by atoms with Gasteiger partial charge in [0.2, 0.25) is 0 Å². The minimum absolute atomic E-state index is 0.549. The van der Waals surface area contributed by atoms with Crippen LogP contribution in [0.15, 0.2) is 42.7 Å². The summed E-state index contributed by atoms with van der Waals surface area (Å²) in [6, 6.07) is 8.96. The zero-order valence-electron chi connectivity index (χ0n) is 8.88. The number of rotatable bonds is 3. The van der Waals surface area contributed by atoms with E-state index in [0.717, 1.165) is 5.75 Å². The molecule has 1 aromatic heterocycles. The van der Waals surface area contributed by atoms with Gasteiger partial charge in [-0.05, 0) is 30.3 Å². The van der Waals surface area contributed by atoms with Crippen LogP contribution in [0.1, 0.15) is 0 Å². The van der Waals surface area contributed by atoms with Gasteiger partial charge in [0, 0.05) is 6.20 Å². The van der Waals surface area contributed by atoms with Crippen molar-refractivity contribution in [2.45, 2.75) is 0 Å². The number of hydrogen-bond acceptors (Lipinski definition) is 4. The van der Waals surface area contributed by atoms with Crippen molar-refractivity contribution in [3.05, 3.63) is 42.7 Å². The molecule has 0 amide bonds. The van der Waals surface area contributed by atoms with E-state index in [1.165, 1.54) is 0 Å². The van der Waals surface area contributed by atoms with Gasteiger partial charge in [-0.15, -0.1) is 0 Å². The summed E-state index contributed by atoms with van der Waals surface area (Å²) in [5.74, 6) is 2.03. The highest BCUT2D eigenvalue weighted by atomic mass is 16.5. The summed E-state index contributed by atoms with van der Waals surface area (Å²) in [5, 5.41) is 0. The molecule has 4 nitrogen and oxygen atoms in total. The molecule has 0 radical (unpaired) electrons. The lowest BCUT2D eigenvalue weighted by atomic mass is 10.3. The average Bonchev–Trinajstić information content (AvgIpc) is 2.33. The topological polar surface area (TPSA) is 57.4 Å². The largest absolute Gasteiger partial charge is 0.497 e. The molecule has 1 aromatic carbocycles. The lowest BCUT2D eigenvalue weighted by Crippen LogP contribution is -1.92. The van der Waals surface area contributed by atoms with Gasteiger partial charge in [-0.25, -0.2) is 0 Å². The maximum Gasteiger partial charge on any atom is 0.168 e. The predicted molar refractivity (Wildman–Crippen MR) is 61.7 cm³/mol. The van der Waals surface area contributed by atoms with Crippen LogP contribution in [0.3, 0.4) is 0 Å². The molecule has 1 heterocycles. The lowest BCUT2D eigenvalue weighted by Gasteiger charge is -2.07. The first-order valence-electron chi connectivity index (χ1n) is 4.81. The van der Waals surface area contributed by atoms with E-state index < -0.39 is 0 Å². The third-order valence-electron chi connectivity index (χ3n) is 2.10. The summed E-state index contributed by atoms with van der Waals surface area (Å²) >= 11 is 0. The smallest absolute Gasteiger partial charge is 0.168 e. The normalized spacial score (nSPS) is 9.81. The lowest BCUT2D eigenvalue weighted by molar-refractivity contribution is 0.413. The van der Waals surface area contributed by atoms with E-state index in [1.54, 1.807) is 25.6 Å². The second-order valence-corrected chi connectivity index (χ2v) is 3.19. The highest BCUT2D eigenvalue weighted by Gasteiger charge is 2.01. The molecule has 2 rings (SSSR count). The first-order valence-corrected chi connectivity index (χ1v) is 4.81. The Morgan fingerprint density at radius 1 is 1.06 bits per heavy atom. The van der Waals surface area contributed by atoms with Gasteiger partial charge in [-0.1, -0.05) is 0 Å². The van der Waals surface area contributed by atoms with Crippen LogP contribution < -0.4 is 15.2 Å². The Morgan fingerprint density at radius 2 is 1.75 bits per heavy atom. The molecule has 0 saturated carbocycles. The molecule has 82 valence electrons. The molecule has 0 saturated heterocycles. The Bertz CT molecular complexity index is 469. The molecule has 4 heteroatoms. The van der Waals surface area contributed by atoms with Crippen LogP contribution in [-0.4, -0.2) is 12.1 Å². The van der Waals surface area contributed by atoms with Crippen molar-refractivity contribution < 1.29 is 9.47 Å². The molecular weight excluding hydrogens is 204 g/mol. The molecule has 2 N–H and O–H groups in total. The van der Waals surface area contributed by atoms with Crippen LogP contribution in [0.2, 0.25) is 0 Å². The highest BCUT2D eigenvalue weighted by Crippen LogP contribution is 2.27. The Kier molecular flexibility index (Phi) is 2.91. The van der Waals surface area contributed by atoms with E-state index >= 15 is 0 Å². The second-order valence-electron chi connectivity index (χ2n) is 3.19. The van der Waals surface area contributed by atoms with Crippen molar-refractivity contribution >= 4 is 5.69 Å². The Balaban J connectivity index is 2.18. The fourth-order valence-corrected chi connectivity index (χ4v) is 1.25. The van der Waals surface area contributed by atoms with Gasteiger partial charge in [0.05, 0.1) is 19.0 Å². The minimum atomic E-state index is 0.549. The van der Waals surface area contributed by atoms with Crippen LogP contribution in [0, 0.1) is 0 Å². The van der Waals surface area contributed by atoms with Crippen LogP contribution >= 0.6 is 0 Å². The molecule has 0 atom stereocenters. The average molecular weight is 216 g/mol. The van der Waals surface area contributed by atoms with Gasteiger partial charge in [0.25, 0.3) is 0 Å². The Morgan fingerprint density at radius 3 is 2.38 bits per heavy atom. The number of ether oxygens (including phenoxy) is 2. The van der Waals surface area contributed by atoms with E-state index in [4.69, 9.17) is 15.2 Å². The van der Waals surface area contributed by atoms with E-state index in [-0.39, 0.29) is 0 Å². The van der Waals surface area contributed by atoms with Crippen molar-refractivity contribution in [3.8, 4) is 17.2 Å². The number of nitrogens with zero attached hydrogens (tertiary/aromatic N) is 1. The van der Waals surface area contributed by atoms with Crippen LogP contribution in [-0.2, 0) is 0 Å². The molecule has 0 aliphatic rings. The quantitative estimate of drug-likeness (QED) is 0.856. The number of methoxy groups -OCH3 is 1. The number of nitrogens with two attached hydrogens (primary N) is 1. The summed E-state index contributed by atoms with van der Waals surface area (Å²) in [7, 11) is 1.62. The van der Waals surface area contributed by atoms with Gasteiger partial charge in [0.1, 0.15) is 11.5 Å². The molecular formula is C12H12N2O2. The Hall–Kier alpha value is -2.23. The molecule has 0 spiro atoms.